The summed E-state index contributed by atoms with van der Waals surface area (Å²) in [6, 6.07) is 7.45. The number of hydrogen-bond acceptors (Lipinski definition) is 11. The maximum Gasteiger partial charge on any atom is 0.424 e. The second-order valence-corrected chi connectivity index (χ2v) is 15.8. The minimum Gasteiger partial charge on any atom is -0.443 e. The van der Waals surface area contributed by atoms with Gasteiger partial charge in [-0.2, -0.15) is 9.80 Å². The summed E-state index contributed by atoms with van der Waals surface area (Å²) in [4.78, 5) is 121. The van der Waals surface area contributed by atoms with Gasteiger partial charge in [-0.1, -0.05) is 24.0 Å². The smallest absolute Gasteiger partial charge is 0.424 e. The Morgan fingerprint density at radius 2 is 1.16 bits per heavy atom. The fourth-order valence-electron chi connectivity index (χ4n) is 6.97. The van der Waals surface area contributed by atoms with Crippen LogP contribution in [0.3, 0.4) is 0 Å². The van der Waals surface area contributed by atoms with Gasteiger partial charge < -0.3 is 24.6 Å². The van der Waals surface area contributed by atoms with Crippen LogP contribution >= 0.6 is 0 Å². The van der Waals surface area contributed by atoms with Crippen molar-refractivity contribution in [3.05, 3.63) is 64.2 Å². The lowest BCUT2D eigenvalue weighted by atomic mass is 10.0. The lowest BCUT2D eigenvalue weighted by molar-refractivity contribution is -0.152. The van der Waals surface area contributed by atoms with Crippen molar-refractivity contribution in [1.29, 1.82) is 0 Å². The molecule has 9 amide bonds. The fourth-order valence-corrected chi connectivity index (χ4v) is 6.97. The number of ether oxygens (including phenoxy) is 2. The first kappa shape index (κ1) is 39.3. The van der Waals surface area contributed by atoms with Gasteiger partial charge in [0.15, 0.2) is 0 Å². The van der Waals surface area contributed by atoms with Gasteiger partial charge in [-0.05, 0) is 84.2 Å². The van der Waals surface area contributed by atoms with Crippen LogP contribution in [-0.2, 0) is 46.5 Å². The predicted octanol–water partition coefficient (Wildman–Crippen LogP) is 3.88. The molecule has 2 fully saturated rings. The van der Waals surface area contributed by atoms with Gasteiger partial charge in [-0.3, -0.25) is 33.6 Å². The number of hydrogen-bond donors (Lipinski definition) is 1. The van der Waals surface area contributed by atoms with Gasteiger partial charge in [-0.25, -0.2) is 9.59 Å². The molecule has 0 spiro atoms. The monoisotopic (exact) mass is 767 g/mol. The van der Waals surface area contributed by atoms with Crippen molar-refractivity contribution in [2.75, 3.05) is 5.32 Å². The third-order valence-electron chi connectivity index (χ3n) is 9.42. The first-order chi connectivity index (χ1) is 26.3. The highest BCUT2D eigenvalue weighted by molar-refractivity contribution is 6.15. The highest BCUT2D eigenvalue weighted by atomic mass is 16.6. The average Bonchev–Trinajstić information content (AvgIpc) is 3.60. The zero-order valence-electron chi connectivity index (χ0n) is 31.8. The molecule has 4 heterocycles. The molecule has 1 N–H and O–H groups in total. The topological polar surface area (TPSA) is 197 Å². The van der Waals surface area contributed by atoms with Crippen LogP contribution in [0.15, 0.2) is 36.4 Å². The maximum absolute atomic E-state index is 13.5. The van der Waals surface area contributed by atoms with Gasteiger partial charge in [-0.15, -0.1) is 0 Å². The van der Waals surface area contributed by atoms with Crippen molar-refractivity contribution in [1.82, 2.24) is 19.6 Å². The normalized spacial score (nSPS) is 19.8. The molecule has 2 aromatic carbocycles. The standard InChI is InChI=1S/C40H41N5O11/c1-39(2,3)55-37(53)44-31(47)18-16-28(35(44)51)42-20-25-22(10-7-12-23(25)33(42)49)11-8-15-30(46)41-27-14-9-13-24-26(27)21-43(34(24)50)29-17-19-32(48)45(36(29)52)38(54)56-40(4,5)6/h7,9-10,12-14,28-29H,15-21H2,1-6H3,(H,41,46). The summed E-state index contributed by atoms with van der Waals surface area (Å²) in [6.45, 7) is 9.56. The molecule has 2 atom stereocenters. The number of carbonyl (C=O) groups excluding carboxylic acids is 9. The highest BCUT2D eigenvalue weighted by Gasteiger charge is 2.48. The van der Waals surface area contributed by atoms with Crippen molar-refractivity contribution in [3.8, 4) is 11.8 Å². The third kappa shape index (κ3) is 7.75. The molecule has 56 heavy (non-hydrogen) atoms. The summed E-state index contributed by atoms with van der Waals surface area (Å²) in [6.07, 6.45) is -2.72. The number of piperidine rings is 2. The summed E-state index contributed by atoms with van der Waals surface area (Å²) >= 11 is 0. The first-order valence-corrected chi connectivity index (χ1v) is 18.1. The second kappa shape index (κ2) is 14.7. The van der Waals surface area contributed by atoms with Crippen LogP contribution < -0.4 is 5.32 Å². The zero-order valence-corrected chi connectivity index (χ0v) is 31.8. The molecule has 4 aliphatic rings. The number of fused-ring (bicyclic) bond motifs is 2. The number of benzene rings is 2. The Bertz CT molecular complexity index is 2170. The van der Waals surface area contributed by atoms with Gasteiger partial charge in [0, 0.05) is 53.9 Å². The molecular formula is C40H41N5O11. The Hall–Kier alpha value is -6.37. The summed E-state index contributed by atoms with van der Waals surface area (Å²) < 4.78 is 10.5. The molecule has 2 saturated heterocycles. The van der Waals surface area contributed by atoms with E-state index in [9.17, 15) is 43.2 Å². The molecule has 6 rings (SSSR count). The van der Waals surface area contributed by atoms with Crippen LogP contribution in [0.2, 0.25) is 0 Å². The molecule has 0 aliphatic carbocycles. The highest BCUT2D eigenvalue weighted by Crippen LogP contribution is 2.34. The van der Waals surface area contributed by atoms with Crippen molar-refractivity contribution in [2.45, 2.75) is 110 Å². The van der Waals surface area contributed by atoms with E-state index < -0.39 is 76.8 Å². The molecule has 2 aromatic rings. The van der Waals surface area contributed by atoms with Gasteiger partial charge in [0.1, 0.15) is 23.3 Å². The summed E-state index contributed by atoms with van der Waals surface area (Å²) in [5.74, 6) is 1.17. The lowest BCUT2D eigenvalue weighted by Gasteiger charge is -2.35. The Labute approximate surface area is 322 Å². The Balaban J connectivity index is 1.12. The number of rotatable bonds is 4. The van der Waals surface area contributed by atoms with Gasteiger partial charge in [0.05, 0.1) is 6.42 Å². The lowest BCUT2D eigenvalue weighted by Crippen LogP contribution is -2.57. The van der Waals surface area contributed by atoms with E-state index in [1.807, 2.05) is 0 Å². The molecule has 0 aromatic heterocycles. The molecule has 0 radical (unpaired) electrons. The van der Waals surface area contributed by atoms with E-state index >= 15 is 0 Å². The van der Waals surface area contributed by atoms with Crippen LogP contribution in [0.25, 0.3) is 0 Å². The van der Waals surface area contributed by atoms with Gasteiger partial charge >= 0.3 is 12.2 Å². The maximum atomic E-state index is 13.5. The van der Waals surface area contributed by atoms with Gasteiger partial charge in [0.2, 0.25) is 17.7 Å². The number of nitrogens with one attached hydrogen (secondary N) is 1. The molecule has 0 saturated carbocycles. The summed E-state index contributed by atoms with van der Waals surface area (Å²) in [7, 11) is 0. The SMILES string of the molecule is CC(C)(C)OC(=O)N1C(=O)CCC(N2Cc3c(C#CCC(=O)Nc4cccc5c4CN(C4CCC(=O)N(C(=O)OC(C)(C)C)C4=O)C5=O)cccc3C2=O)C1=O. The fraction of sp³-hybridized carbons (Fsp3) is 0.425. The number of amides is 9. The second-order valence-electron chi connectivity index (χ2n) is 15.8. The number of nitrogens with zero attached hydrogens (tertiary/aromatic N) is 4. The van der Waals surface area contributed by atoms with Crippen LogP contribution in [-0.4, -0.2) is 96.4 Å². The van der Waals surface area contributed by atoms with Crippen molar-refractivity contribution < 1.29 is 52.6 Å². The molecule has 0 bridgehead atoms. The summed E-state index contributed by atoms with van der Waals surface area (Å²) in [5, 5.41) is 2.78. The van der Waals surface area contributed by atoms with Crippen LogP contribution in [0, 0.1) is 11.8 Å². The van der Waals surface area contributed by atoms with Crippen LogP contribution in [0.5, 0.6) is 0 Å². The zero-order chi connectivity index (χ0) is 40.9. The Morgan fingerprint density at radius 3 is 1.66 bits per heavy atom. The van der Waals surface area contributed by atoms with Crippen molar-refractivity contribution in [3.63, 3.8) is 0 Å². The van der Waals surface area contributed by atoms with E-state index in [0.29, 0.717) is 37.7 Å². The number of imide groups is 6. The van der Waals surface area contributed by atoms with E-state index in [4.69, 9.17) is 9.47 Å². The van der Waals surface area contributed by atoms with E-state index in [1.165, 1.54) is 9.80 Å². The third-order valence-corrected chi connectivity index (χ3v) is 9.42. The number of carbonyl (C=O) groups is 9. The molecule has 292 valence electrons. The first-order valence-electron chi connectivity index (χ1n) is 18.1. The Kier molecular flexibility index (Phi) is 10.3. The predicted molar refractivity (Wildman–Crippen MR) is 195 cm³/mol. The quantitative estimate of drug-likeness (QED) is 0.350. The van der Waals surface area contributed by atoms with Crippen molar-refractivity contribution in [2.24, 2.45) is 0 Å². The minimum atomic E-state index is -1.11. The minimum absolute atomic E-state index is 0.00809. The largest absolute Gasteiger partial charge is 0.443 e. The van der Waals surface area contributed by atoms with E-state index in [0.717, 1.165) is 0 Å². The number of anilines is 1. The molecule has 16 nitrogen and oxygen atoms in total. The number of likely N-dealkylation sites (tertiary alicyclic amines) is 2. The summed E-state index contributed by atoms with van der Waals surface area (Å²) in [5.41, 5.74) is 0.408. The molecule has 2 unspecified atom stereocenters. The molecule has 4 aliphatic heterocycles. The van der Waals surface area contributed by atoms with E-state index in [-0.39, 0.29) is 50.8 Å². The van der Waals surface area contributed by atoms with E-state index in [2.05, 4.69) is 17.2 Å². The molecular weight excluding hydrogens is 726 g/mol. The average molecular weight is 768 g/mol. The van der Waals surface area contributed by atoms with Crippen LogP contribution in [0.1, 0.15) is 111 Å². The van der Waals surface area contributed by atoms with Crippen molar-refractivity contribution >= 4 is 59.2 Å². The molecule has 16 heteroatoms. The van der Waals surface area contributed by atoms with E-state index in [1.54, 1.807) is 77.9 Å². The van der Waals surface area contributed by atoms with Crippen LogP contribution in [0.4, 0.5) is 15.3 Å². The van der Waals surface area contributed by atoms with Gasteiger partial charge in [0.25, 0.3) is 23.6 Å². The Morgan fingerprint density at radius 1 is 0.696 bits per heavy atom.